The van der Waals surface area contributed by atoms with Crippen LogP contribution in [0, 0.1) is 23.7 Å². The third kappa shape index (κ3) is 2.27. The second kappa shape index (κ2) is 5.17. The van der Waals surface area contributed by atoms with Gasteiger partial charge in [0, 0.05) is 13.1 Å². The van der Waals surface area contributed by atoms with Crippen molar-refractivity contribution in [3.63, 3.8) is 0 Å². The Labute approximate surface area is 128 Å². The van der Waals surface area contributed by atoms with Crippen molar-refractivity contribution >= 4 is 6.09 Å². The first-order valence-electron chi connectivity index (χ1n) is 9.19. The molecule has 0 aromatic rings. The first-order valence-corrected chi connectivity index (χ1v) is 9.19. The number of likely N-dealkylation sites (tertiary alicyclic amines) is 1. The maximum absolute atomic E-state index is 12.5. The lowest BCUT2D eigenvalue weighted by molar-refractivity contribution is -0.0176. The van der Waals surface area contributed by atoms with Gasteiger partial charge in [0.15, 0.2) is 0 Å². The predicted molar refractivity (Wildman–Crippen MR) is 82.0 cm³/mol. The molecular formula is C18H29NO2. The Hall–Kier alpha value is -0.730. The Morgan fingerprint density at radius 3 is 2.29 bits per heavy atom. The van der Waals surface area contributed by atoms with Gasteiger partial charge in [0.25, 0.3) is 0 Å². The first kappa shape index (κ1) is 13.9. The fourth-order valence-electron chi connectivity index (χ4n) is 5.88. The lowest BCUT2D eigenvalue weighted by Crippen LogP contribution is -2.42. The van der Waals surface area contributed by atoms with Crippen LogP contribution in [0.15, 0.2) is 0 Å². The van der Waals surface area contributed by atoms with Crippen molar-refractivity contribution in [2.75, 3.05) is 13.1 Å². The second-order valence-corrected chi connectivity index (χ2v) is 8.02. The fourth-order valence-corrected chi connectivity index (χ4v) is 5.88. The second-order valence-electron chi connectivity index (χ2n) is 8.02. The molecule has 3 heteroatoms. The number of piperidine rings is 1. The van der Waals surface area contributed by atoms with E-state index in [0.29, 0.717) is 0 Å². The molecule has 1 aliphatic heterocycles. The molecule has 4 fully saturated rings. The van der Waals surface area contributed by atoms with Gasteiger partial charge in [-0.1, -0.05) is 6.92 Å². The van der Waals surface area contributed by atoms with Crippen LogP contribution in [0.4, 0.5) is 4.79 Å². The Morgan fingerprint density at radius 2 is 1.71 bits per heavy atom. The third-order valence-corrected chi connectivity index (χ3v) is 7.05. The predicted octanol–water partition coefficient (Wildman–Crippen LogP) is 4.21. The first-order chi connectivity index (χ1) is 10.2. The third-order valence-electron chi connectivity index (χ3n) is 7.05. The van der Waals surface area contributed by atoms with Gasteiger partial charge in [0.1, 0.15) is 5.60 Å². The number of rotatable bonds is 2. The van der Waals surface area contributed by atoms with Crippen molar-refractivity contribution in [3.8, 4) is 0 Å². The zero-order valence-corrected chi connectivity index (χ0v) is 13.4. The van der Waals surface area contributed by atoms with E-state index in [4.69, 9.17) is 4.74 Å². The Morgan fingerprint density at radius 1 is 1.10 bits per heavy atom. The highest BCUT2D eigenvalue weighted by atomic mass is 16.6. The number of fused-ring (bicyclic) bond motifs is 5. The SMILES string of the molecule is CCC1(OC(=O)N2CCCCC2)CC2C3CCC(C3)C2C1. The van der Waals surface area contributed by atoms with Gasteiger partial charge < -0.3 is 9.64 Å². The fraction of sp³-hybridized carbons (Fsp3) is 0.944. The minimum Gasteiger partial charge on any atom is -0.443 e. The smallest absolute Gasteiger partial charge is 0.410 e. The molecule has 118 valence electrons. The van der Waals surface area contributed by atoms with Crippen molar-refractivity contribution in [1.29, 1.82) is 0 Å². The van der Waals surface area contributed by atoms with Gasteiger partial charge in [-0.25, -0.2) is 4.79 Å². The monoisotopic (exact) mass is 291 g/mol. The summed E-state index contributed by atoms with van der Waals surface area (Å²) in [6.07, 6.45) is 11.2. The minimum absolute atomic E-state index is 0.0242. The summed E-state index contributed by atoms with van der Waals surface area (Å²) >= 11 is 0. The highest BCUT2D eigenvalue weighted by molar-refractivity contribution is 5.68. The Bertz CT molecular complexity index is 397. The highest BCUT2D eigenvalue weighted by Gasteiger charge is 2.57. The van der Waals surface area contributed by atoms with Crippen LogP contribution in [0.3, 0.4) is 0 Å². The summed E-state index contributed by atoms with van der Waals surface area (Å²) < 4.78 is 6.14. The molecule has 0 spiro atoms. The number of nitrogens with zero attached hydrogens (tertiary/aromatic N) is 1. The number of ether oxygens (including phenoxy) is 1. The number of carbonyl (C=O) groups is 1. The van der Waals surface area contributed by atoms with Crippen molar-refractivity contribution in [2.45, 2.75) is 70.3 Å². The van der Waals surface area contributed by atoms with E-state index in [2.05, 4.69) is 6.92 Å². The number of hydrogen-bond acceptors (Lipinski definition) is 2. The molecule has 1 heterocycles. The van der Waals surface area contributed by atoms with E-state index in [0.717, 1.165) is 68.9 Å². The van der Waals surface area contributed by atoms with Crippen LogP contribution in [0.25, 0.3) is 0 Å². The normalized spacial score (nSPS) is 44.9. The summed E-state index contributed by atoms with van der Waals surface area (Å²) in [5.41, 5.74) is -0.134. The summed E-state index contributed by atoms with van der Waals surface area (Å²) in [5.74, 6) is 3.61. The van der Waals surface area contributed by atoms with Crippen LogP contribution in [0.5, 0.6) is 0 Å². The van der Waals surface area contributed by atoms with Gasteiger partial charge in [0.2, 0.25) is 0 Å². The minimum atomic E-state index is -0.134. The molecule has 3 nitrogen and oxygen atoms in total. The molecular weight excluding hydrogens is 262 g/mol. The zero-order valence-electron chi connectivity index (χ0n) is 13.4. The van der Waals surface area contributed by atoms with Crippen LogP contribution >= 0.6 is 0 Å². The molecule has 2 bridgehead atoms. The van der Waals surface area contributed by atoms with E-state index in [1.807, 2.05) is 4.90 Å². The lowest BCUT2D eigenvalue weighted by Gasteiger charge is -2.34. The maximum Gasteiger partial charge on any atom is 0.410 e. The van der Waals surface area contributed by atoms with E-state index in [1.54, 1.807) is 0 Å². The molecule has 4 aliphatic rings. The maximum atomic E-state index is 12.5. The van der Waals surface area contributed by atoms with Gasteiger partial charge in [-0.3, -0.25) is 0 Å². The van der Waals surface area contributed by atoms with Crippen LogP contribution < -0.4 is 0 Å². The quantitative estimate of drug-likeness (QED) is 0.762. The summed E-state index contributed by atoms with van der Waals surface area (Å²) in [6, 6.07) is 0. The van der Waals surface area contributed by atoms with E-state index >= 15 is 0 Å². The summed E-state index contributed by atoms with van der Waals surface area (Å²) in [4.78, 5) is 14.5. The summed E-state index contributed by atoms with van der Waals surface area (Å²) in [7, 11) is 0. The van der Waals surface area contributed by atoms with Crippen LogP contribution in [0.2, 0.25) is 0 Å². The van der Waals surface area contributed by atoms with Crippen LogP contribution in [-0.2, 0) is 4.74 Å². The van der Waals surface area contributed by atoms with E-state index in [-0.39, 0.29) is 11.7 Å². The molecule has 0 radical (unpaired) electrons. The van der Waals surface area contributed by atoms with Crippen molar-refractivity contribution in [1.82, 2.24) is 4.90 Å². The van der Waals surface area contributed by atoms with Gasteiger partial charge in [-0.05, 0) is 81.5 Å². The largest absolute Gasteiger partial charge is 0.443 e. The molecule has 3 aliphatic carbocycles. The van der Waals surface area contributed by atoms with Crippen molar-refractivity contribution in [2.24, 2.45) is 23.7 Å². The number of carbonyl (C=O) groups excluding carboxylic acids is 1. The van der Waals surface area contributed by atoms with E-state index in [9.17, 15) is 4.79 Å². The number of hydrogen-bond donors (Lipinski definition) is 0. The summed E-state index contributed by atoms with van der Waals surface area (Å²) in [5, 5.41) is 0. The van der Waals surface area contributed by atoms with E-state index in [1.165, 1.54) is 25.7 Å². The standard InChI is InChI=1S/C18H29NO2/c1-2-18(21-17(20)19-8-4-3-5-9-19)11-15-13-6-7-14(10-13)16(15)12-18/h13-16H,2-12H2,1H3. The van der Waals surface area contributed by atoms with E-state index < -0.39 is 0 Å². The van der Waals surface area contributed by atoms with Gasteiger partial charge in [-0.2, -0.15) is 0 Å². The Kier molecular flexibility index (Phi) is 3.42. The zero-order chi connectivity index (χ0) is 14.4. The highest BCUT2D eigenvalue weighted by Crippen LogP contribution is 2.62. The van der Waals surface area contributed by atoms with Gasteiger partial charge in [0.05, 0.1) is 0 Å². The van der Waals surface area contributed by atoms with Gasteiger partial charge >= 0.3 is 6.09 Å². The molecule has 0 aromatic carbocycles. The van der Waals surface area contributed by atoms with Crippen molar-refractivity contribution < 1.29 is 9.53 Å². The Balaban J connectivity index is 1.44. The molecule has 4 unspecified atom stereocenters. The molecule has 4 atom stereocenters. The molecule has 1 amide bonds. The topological polar surface area (TPSA) is 29.5 Å². The molecule has 4 rings (SSSR count). The number of amides is 1. The molecule has 21 heavy (non-hydrogen) atoms. The average molecular weight is 291 g/mol. The lowest BCUT2D eigenvalue weighted by atomic mass is 9.82. The van der Waals surface area contributed by atoms with Crippen LogP contribution in [0.1, 0.15) is 64.7 Å². The molecule has 1 saturated heterocycles. The van der Waals surface area contributed by atoms with Crippen molar-refractivity contribution in [3.05, 3.63) is 0 Å². The van der Waals surface area contributed by atoms with Gasteiger partial charge in [-0.15, -0.1) is 0 Å². The molecule has 0 N–H and O–H groups in total. The molecule has 0 aromatic heterocycles. The van der Waals surface area contributed by atoms with Crippen LogP contribution in [-0.4, -0.2) is 29.7 Å². The average Bonchev–Trinajstić information content (AvgIpc) is 3.19. The molecule has 3 saturated carbocycles. The summed E-state index contributed by atoms with van der Waals surface area (Å²) in [6.45, 7) is 4.01.